The van der Waals surface area contributed by atoms with Crippen LogP contribution in [0.1, 0.15) is 35.6 Å². The quantitative estimate of drug-likeness (QED) is 0.448. The summed E-state index contributed by atoms with van der Waals surface area (Å²) < 4.78 is 1.51. The zero-order valence-electron chi connectivity index (χ0n) is 19.8. The standard InChI is InChI=1S/C27H24ClN3O4S2/c28-17-9-11-18(12-10-17)31-24(33)21-20(16-7-3-1-4-8-16)23-26(36-22(21)25(31)34)30(27(35)37-23)15-19(32)29-13-5-2-6-14-29/h1,3-4,7-12,20-22H,2,5-6,13-15H2/t20-,21?,22?/m1/s1. The minimum atomic E-state index is -0.703. The Labute approximate surface area is 227 Å². The number of halogens is 1. The number of amides is 3. The summed E-state index contributed by atoms with van der Waals surface area (Å²) in [5.74, 6) is -1.81. The highest BCUT2D eigenvalue weighted by atomic mass is 35.5. The average molecular weight is 554 g/mol. The summed E-state index contributed by atoms with van der Waals surface area (Å²) in [7, 11) is 0. The molecule has 0 saturated carbocycles. The van der Waals surface area contributed by atoms with Crippen molar-refractivity contribution in [3.05, 3.63) is 79.7 Å². The van der Waals surface area contributed by atoms with Crippen molar-refractivity contribution >= 4 is 58.1 Å². The summed E-state index contributed by atoms with van der Waals surface area (Å²) in [5, 5.41) is 0.433. The van der Waals surface area contributed by atoms with Crippen molar-refractivity contribution in [2.24, 2.45) is 5.92 Å². The molecule has 0 aliphatic carbocycles. The fourth-order valence-corrected chi connectivity index (χ4v) is 8.40. The Morgan fingerprint density at radius 2 is 1.62 bits per heavy atom. The summed E-state index contributed by atoms with van der Waals surface area (Å²) in [6.07, 6.45) is 3.04. The van der Waals surface area contributed by atoms with Gasteiger partial charge in [0, 0.05) is 28.9 Å². The number of likely N-dealkylation sites (tertiary alicyclic amines) is 1. The van der Waals surface area contributed by atoms with Gasteiger partial charge in [0.25, 0.3) is 0 Å². The van der Waals surface area contributed by atoms with Crippen LogP contribution in [0.15, 0.2) is 64.4 Å². The first-order valence-electron chi connectivity index (χ1n) is 12.3. The molecule has 190 valence electrons. The summed E-state index contributed by atoms with van der Waals surface area (Å²) in [6, 6.07) is 16.2. The molecular weight excluding hydrogens is 530 g/mol. The smallest absolute Gasteiger partial charge is 0.308 e. The molecule has 0 spiro atoms. The molecule has 2 aromatic carbocycles. The van der Waals surface area contributed by atoms with Gasteiger partial charge in [-0.15, -0.1) is 0 Å². The number of anilines is 1. The van der Waals surface area contributed by atoms with Crippen LogP contribution in [0.5, 0.6) is 0 Å². The maximum absolute atomic E-state index is 13.8. The van der Waals surface area contributed by atoms with Crippen molar-refractivity contribution in [1.82, 2.24) is 9.47 Å². The molecule has 3 atom stereocenters. The minimum Gasteiger partial charge on any atom is -0.341 e. The van der Waals surface area contributed by atoms with E-state index in [1.54, 1.807) is 24.3 Å². The number of hydrogen-bond donors (Lipinski definition) is 0. The van der Waals surface area contributed by atoms with Gasteiger partial charge < -0.3 is 4.90 Å². The van der Waals surface area contributed by atoms with E-state index in [2.05, 4.69) is 0 Å². The lowest BCUT2D eigenvalue weighted by Gasteiger charge is -2.31. The Kier molecular flexibility index (Phi) is 6.46. The van der Waals surface area contributed by atoms with Crippen LogP contribution in [0.3, 0.4) is 0 Å². The molecule has 3 aromatic rings. The molecule has 3 amide bonds. The molecule has 3 aliphatic heterocycles. The number of hydrogen-bond acceptors (Lipinski definition) is 6. The second-order valence-corrected chi connectivity index (χ2v) is 12.1. The van der Waals surface area contributed by atoms with E-state index in [0.717, 1.165) is 41.0 Å². The first kappa shape index (κ1) is 24.5. The second kappa shape index (κ2) is 9.78. The molecule has 0 radical (unpaired) electrons. The largest absolute Gasteiger partial charge is 0.341 e. The molecule has 3 aliphatic rings. The van der Waals surface area contributed by atoms with Crippen LogP contribution in [0.25, 0.3) is 0 Å². The van der Waals surface area contributed by atoms with E-state index in [1.807, 2.05) is 35.2 Å². The van der Waals surface area contributed by atoms with Gasteiger partial charge in [-0.3, -0.25) is 23.7 Å². The Hall–Kier alpha value is -2.88. The zero-order chi connectivity index (χ0) is 25.7. The van der Waals surface area contributed by atoms with E-state index in [1.165, 1.54) is 21.2 Å². The van der Waals surface area contributed by atoms with Gasteiger partial charge in [-0.25, -0.2) is 4.90 Å². The molecule has 4 heterocycles. The number of rotatable bonds is 4. The predicted molar refractivity (Wildman–Crippen MR) is 144 cm³/mol. The molecule has 6 rings (SSSR count). The molecule has 2 saturated heterocycles. The van der Waals surface area contributed by atoms with Crippen LogP contribution in [0, 0.1) is 5.92 Å². The number of benzene rings is 2. The van der Waals surface area contributed by atoms with Crippen molar-refractivity contribution in [2.75, 3.05) is 18.0 Å². The summed E-state index contributed by atoms with van der Waals surface area (Å²) in [6.45, 7) is 1.35. The van der Waals surface area contributed by atoms with Crippen LogP contribution in [0.2, 0.25) is 5.02 Å². The van der Waals surface area contributed by atoms with Crippen LogP contribution in [-0.4, -0.2) is 45.5 Å². The Morgan fingerprint density at radius 3 is 2.32 bits per heavy atom. The van der Waals surface area contributed by atoms with E-state index < -0.39 is 17.1 Å². The number of piperidine rings is 1. The van der Waals surface area contributed by atoms with Gasteiger partial charge in [0.15, 0.2) is 0 Å². The third-order valence-corrected chi connectivity index (χ3v) is 10.2. The van der Waals surface area contributed by atoms with Crippen molar-refractivity contribution in [3.8, 4) is 0 Å². The van der Waals surface area contributed by atoms with E-state index in [4.69, 9.17) is 11.6 Å². The number of thioether (sulfide) groups is 1. The lowest BCUT2D eigenvalue weighted by Crippen LogP contribution is -2.39. The number of aromatic nitrogens is 1. The SMILES string of the molecule is O=C(Cn1c2c(sc1=O)[C@H](c1ccccc1)C1C(=O)N(c3ccc(Cl)cc3)C(=O)C1S2)N1CCCCC1. The molecule has 10 heteroatoms. The van der Waals surface area contributed by atoms with Crippen LogP contribution in [0.4, 0.5) is 5.69 Å². The topological polar surface area (TPSA) is 79.7 Å². The highest BCUT2D eigenvalue weighted by Gasteiger charge is 2.56. The maximum Gasteiger partial charge on any atom is 0.308 e. The van der Waals surface area contributed by atoms with Gasteiger partial charge >= 0.3 is 4.87 Å². The monoisotopic (exact) mass is 553 g/mol. The number of carbonyl (C=O) groups excluding carboxylic acids is 3. The number of nitrogens with zero attached hydrogens (tertiary/aromatic N) is 3. The fraction of sp³-hybridized carbons (Fsp3) is 0.333. The van der Waals surface area contributed by atoms with E-state index in [-0.39, 0.29) is 29.1 Å². The van der Waals surface area contributed by atoms with Gasteiger partial charge in [0.05, 0.1) is 16.6 Å². The Bertz CT molecular complexity index is 1430. The minimum absolute atomic E-state index is 0.0560. The average Bonchev–Trinajstić information content (AvgIpc) is 3.36. The lowest BCUT2D eigenvalue weighted by molar-refractivity contribution is -0.133. The zero-order valence-corrected chi connectivity index (χ0v) is 22.2. The van der Waals surface area contributed by atoms with Crippen LogP contribution in [-0.2, 0) is 20.9 Å². The summed E-state index contributed by atoms with van der Waals surface area (Å²) >= 11 is 8.35. The van der Waals surface area contributed by atoms with Gasteiger partial charge in [-0.2, -0.15) is 0 Å². The van der Waals surface area contributed by atoms with Crippen LogP contribution >= 0.6 is 34.7 Å². The molecule has 0 bridgehead atoms. The third-order valence-electron chi connectivity index (χ3n) is 7.29. The van der Waals surface area contributed by atoms with E-state index in [0.29, 0.717) is 28.8 Å². The molecule has 0 N–H and O–H groups in total. The molecule has 2 unspecified atom stereocenters. The second-order valence-electron chi connectivity index (χ2n) is 9.51. The molecule has 1 aromatic heterocycles. The molecular formula is C27H24ClN3O4S2. The van der Waals surface area contributed by atoms with E-state index >= 15 is 0 Å². The number of thiazole rings is 1. The maximum atomic E-state index is 13.8. The number of fused-ring (bicyclic) bond motifs is 2. The highest BCUT2D eigenvalue weighted by Crippen LogP contribution is 2.53. The Morgan fingerprint density at radius 1 is 0.919 bits per heavy atom. The number of carbonyl (C=O) groups is 3. The van der Waals surface area contributed by atoms with Gasteiger partial charge in [-0.1, -0.05) is 65.0 Å². The van der Waals surface area contributed by atoms with Crippen molar-refractivity contribution in [1.29, 1.82) is 0 Å². The Balaban J connectivity index is 1.42. The highest BCUT2D eigenvalue weighted by molar-refractivity contribution is 8.00. The fourth-order valence-electron chi connectivity index (χ4n) is 5.50. The molecule has 2 fully saturated rings. The first-order valence-corrected chi connectivity index (χ1v) is 14.4. The molecule has 7 nitrogen and oxygen atoms in total. The summed E-state index contributed by atoms with van der Waals surface area (Å²) in [5.41, 5.74) is 1.34. The third kappa shape index (κ3) is 4.23. The van der Waals surface area contributed by atoms with Gasteiger partial charge in [0.2, 0.25) is 17.7 Å². The van der Waals surface area contributed by atoms with Gasteiger partial charge in [-0.05, 0) is 49.1 Å². The van der Waals surface area contributed by atoms with Crippen molar-refractivity contribution in [2.45, 2.75) is 42.0 Å². The van der Waals surface area contributed by atoms with Crippen molar-refractivity contribution in [3.63, 3.8) is 0 Å². The van der Waals surface area contributed by atoms with Gasteiger partial charge in [0.1, 0.15) is 11.8 Å². The first-order chi connectivity index (χ1) is 17.9. The molecule has 37 heavy (non-hydrogen) atoms. The predicted octanol–water partition coefficient (Wildman–Crippen LogP) is 4.37. The number of imide groups is 1. The van der Waals surface area contributed by atoms with Crippen molar-refractivity contribution < 1.29 is 14.4 Å². The lowest BCUT2D eigenvalue weighted by atomic mass is 9.83. The normalized spacial score (nSPS) is 23.2. The van der Waals surface area contributed by atoms with Crippen LogP contribution < -0.4 is 9.77 Å². The summed E-state index contributed by atoms with van der Waals surface area (Å²) in [4.78, 5) is 57.4. The van der Waals surface area contributed by atoms with E-state index in [9.17, 15) is 19.2 Å².